The summed E-state index contributed by atoms with van der Waals surface area (Å²) in [6.07, 6.45) is 1.47. The molecular weight excluding hydrogens is 409 g/mol. The van der Waals surface area contributed by atoms with Crippen molar-refractivity contribution in [1.29, 1.82) is 0 Å². The Morgan fingerprint density at radius 3 is 2.74 bits per heavy atom. The fourth-order valence-corrected chi connectivity index (χ4v) is 4.92. The molecule has 0 radical (unpaired) electrons. The summed E-state index contributed by atoms with van der Waals surface area (Å²) in [4.78, 5) is 27.6. The van der Waals surface area contributed by atoms with E-state index in [1.54, 1.807) is 24.2 Å². The SMILES string of the molecule is Cn1cc(C(=O)N2[C@H]3CCCCC(=O)N[C@@]3(C)C[C@H]2c2cccc(C(F)(F)F)c2)cn1. The fourth-order valence-electron chi connectivity index (χ4n) is 4.92. The van der Waals surface area contributed by atoms with Gasteiger partial charge in [0.05, 0.1) is 34.9 Å². The molecule has 3 atom stereocenters. The predicted octanol–water partition coefficient (Wildman–Crippen LogP) is 3.84. The first-order chi connectivity index (χ1) is 14.6. The summed E-state index contributed by atoms with van der Waals surface area (Å²) < 4.78 is 41.6. The molecule has 166 valence electrons. The number of carbonyl (C=O) groups is 2. The van der Waals surface area contributed by atoms with Crippen molar-refractivity contribution in [1.82, 2.24) is 20.0 Å². The van der Waals surface area contributed by atoms with Crippen LogP contribution in [0, 0.1) is 0 Å². The van der Waals surface area contributed by atoms with E-state index in [9.17, 15) is 22.8 Å². The van der Waals surface area contributed by atoms with E-state index in [4.69, 9.17) is 0 Å². The number of halogens is 3. The van der Waals surface area contributed by atoms with Crippen molar-refractivity contribution in [2.24, 2.45) is 7.05 Å². The number of aryl methyl sites for hydroxylation is 1. The molecule has 2 aliphatic heterocycles. The van der Waals surface area contributed by atoms with E-state index in [2.05, 4.69) is 10.4 Å². The Bertz CT molecular complexity index is 1000. The molecule has 9 heteroatoms. The van der Waals surface area contributed by atoms with Crippen LogP contribution in [0.25, 0.3) is 0 Å². The van der Waals surface area contributed by atoms with E-state index in [0.29, 0.717) is 36.8 Å². The zero-order valence-corrected chi connectivity index (χ0v) is 17.4. The standard InChI is InChI=1S/C22H25F3N4O2/c1-21-11-17(14-6-5-7-16(10-14)22(23,24)25)29(20(31)15-12-26-28(2)13-15)18(21)8-3-4-9-19(30)27-21/h5-7,10,12-13,17-18H,3-4,8-9,11H2,1-2H3,(H,27,30)/t17-,18-,21-/m0/s1. The first-order valence-corrected chi connectivity index (χ1v) is 10.4. The molecule has 0 saturated carbocycles. The van der Waals surface area contributed by atoms with Crippen LogP contribution >= 0.6 is 0 Å². The maximum absolute atomic E-state index is 13.5. The van der Waals surface area contributed by atoms with Gasteiger partial charge in [-0.05, 0) is 43.9 Å². The number of carbonyl (C=O) groups excluding carboxylic acids is 2. The first kappa shape index (κ1) is 21.4. The average Bonchev–Trinajstić information content (AvgIpc) is 3.24. The summed E-state index contributed by atoms with van der Waals surface area (Å²) in [6.45, 7) is 1.89. The number of aromatic nitrogens is 2. The summed E-state index contributed by atoms with van der Waals surface area (Å²) in [5.41, 5.74) is -0.697. The number of benzene rings is 1. The second kappa shape index (κ2) is 7.69. The van der Waals surface area contributed by atoms with Crippen LogP contribution in [-0.4, -0.2) is 38.1 Å². The van der Waals surface area contributed by atoms with Crippen LogP contribution in [-0.2, 0) is 18.0 Å². The third-order valence-electron chi connectivity index (χ3n) is 6.37. The number of amides is 2. The minimum Gasteiger partial charge on any atom is -0.349 e. The smallest absolute Gasteiger partial charge is 0.349 e. The van der Waals surface area contributed by atoms with E-state index in [1.807, 2.05) is 6.92 Å². The topological polar surface area (TPSA) is 67.2 Å². The van der Waals surface area contributed by atoms with Gasteiger partial charge in [0.1, 0.15) is 0 Å². The number of likely N-dealkylation sites (tertiary alicyclic amines) is 1. The molecule has 4 rings (SSSR count). The summed E-state index contributed by atoms with van der Waals surface area (Å²) in [6, 6.07) is 4.20. The van der Waals surface area contributed by atoms with Crippen LogP contribution in [0.2, 0.25) is 0 Å². The van der Waals surface area contributed by atoms with E-state index in [-0.39, 0.29) is 17.9 Å². The van der Waals surface area contributed by atoms with Crippen molar-refractivity contribution in [3.05, 3.63) is 53.3 Å². The second-order valence-corrected chi connectivity index (χ2v) is 8.69. The van der Waals surface area contributed by atoms with Crippen molar-refractivity contribution in [3.8, 4) is 0 Å². The molecule has 6 nitrogen and oxygen atoms in total. The normalized spacial score (nSPS) is 26.7. The summed E-state index contributed by atoms with van der Waals surface area (Å²) in [5.74, 6) is -0.385. The van der Waals surface area contributed by atoms with Gasteiger partial charge in [0, 0.05) is 19.7 Å². The highest BCUT2D eigenvalue weighted by atomic mass is 19.4. The quantitative estimate of drug-likeness (QED) is 0.781. The van der Waals surface area contributed by atoms with Crippen LogP contribution in [0.3, 0.4) is 0 Å². The highest BCUT2D eigenvalue weighted by Gasteiger charge is 2.52. The molecule has 2 saturated heterocycles. The van der Waals surface area contributed by atoms with Crippen LogP contribution in [0.15, 0.2) is 36.7 Å². The molecule has 3 heterocycles. The molecule has 0 unspecified atom stereocenters. The third kappa shape index (κ3) is 4.05. The third-order valence-corrected chi connectivity index (χ3v) is 6.37. The molecular formula is C22H25F3N4O2. The zero-order chi connectivity index (χ0) is 22.4. The van der Waals surface area contributed by atoms with Gasteiger partial charge in [-0.1, -0.05) is 18.6 Å². The number of hydrogen-bond acceptors (Lipinski definition) is 3. The average molecular weight is 434 g/mol. The predicted molar refractivity (Wildman–Crippen MR) is 107 cm³/mol. The van der Waals surface area contributed by atoms with Crippen LogP contribution in [0.4, 0.5) is 13.2 Å². The fraction of sp³-hybridized carbons (Fsp3) is 0.500. The van der Waals surface area contributed by atoms with Gasteiger partial charge in [-0.15, -0.1) is 0 Å². The highest BCUT2D eigenvalue weighted by Crippen LogP contribution is 2.46. The molecule has 0 spiro atoms. The van der Waals surface area contributed by atoms with E-state index >= 15 is 0 Å². The molecule has 1 aromatic heterocycles. The molecule has 2 aliphatic rings. The Morgan fingerprint density at radius 1 is 1.29 bits per heavy atom. The molecule has 0 aliphatic carbocycles. The Balaban J connectivity index is 1.80. The molecule has 2 fully saturated rings. The largest absolute Gasteiger partial charge is 0.416 e. The maximum Gasteiger partial charge on any atom is 0.416 e. The minimum absolute atomic E-state index is 0.0920. The van der Waals surface area contributed by atoms with Gasteiger partial charge in [-0.25, -0.2) is 0 Å². The number of hydrogen-bond donors (Lipinski definition) is 1. The van der Waals surface area contributed by atoms with Gasteiger partial charge in [0.15, 0.2) is 0 Å². The second-order valence-electron chi connectivity index (χ2n) is 8.69. The Kier molecular flexibility index (Phi) is 5.31. The van der Waals surface area contributed by atoms with Crippen molar-refractivity contribution < 1.29 is 22.8 Å². The Labute approximate surface area is 178 Å². The van der Waals surface area contributed by atoms with Crippen molar-refractivity contribution in [2.45, 2.75) is 62.8 Å². The van der Waals surface area contributed by atoms with Crippen molar-refractivity contribution in [3.63, 3.8) is 0 Å². The van der Waals surface area contributed by atoms with Gasteiger partial charge >= 0.3 is 6.18 Å². The molecule has 2 aromatic rings. The number of nitrogens with zero attached hydrogens (tertiary/aromatic N) is 3. The molecule has 2 amide bonds. The number of fused-ring (bicyclic) bond motifs is 1. The van der Waals surface area contributed by atoms with Crippen LogP contribution < -0.4 is 5.32 Å². The van der Waals surface area contributed by atoms with Gasteiger partial charge in [0.25, 0.3) is 5.91 Å². The maximum atomic E-state index is 13.5. The van der Waals surface area contributed by atoms with Gasteiger partial charge in [-0.3, -0.25) is 14.3 Å². The van der Waals surface area contributed by atoms with Gasteiger partial charge in [0.2, 0.25) is 5.91 Å². The lowest BCUT2D eigenvalue weighted by Crippen LogP contribution is -2.56. The van der Waals surface area contributed by atoms with Crippen molar-refractivity contribution in [2.75, 3.05) is 0 Å². The first-order valence-electron chi connectivity index (χ1n) is 10.4. The summed E-state index contributed by atoms with van der Waals surface area (Å²) in [7, 11) is 1.70. The zero-order valence-electron chi connectivity index (χ0n) is 17.4. The Morgan fingerprint density at radius 2 is 2.06 bits per heavy atom. The minimum atomic E-state index is -4.48. The van der Waals surface area contributed by atoms with E-state index in [0.717, 1.165) is 18.6 Å². The van der Waals surface area contributed by atoms with Gasteiger partial charge in [-0.2, -0.15) is 18.3 Å². The Hall–Kier alpha value is -2.84. The monoisotopic (exact) mass is 434 g/mol. The molecule has 1 aromatic carbocycles. The van der Waals surface area contributed by atoms with E-state index in [1.165, 1.54) is 16.9 Å². The summed E-state index contributed by atoms with van der Waals surface area (Å²) in [5, 5.41) is 7.14. The highest BCUT2D eigenvalue weighted by molar-refractivity contribution is 5.95. The van der Waals surface area contributed by atoms with Crippen LogP contribution in [0.5, 0.6) is 0 Å². The summed E-state index contributed by atoms with van der Waals surface area (Å²) >= 11 is 0. The molecule has 1 N–H and O–H groups in total. The van der Waals surface area contributed by atoms with Gasteiger partial charge < -0.3 is 10.2 Å². The number of nitrogens with one attached hydrogen (secondary N) is 1. The number of rotatable bonds is 2. The van der Waals surface area contributed by atoms with Crippen LogP contribution in [0.1, 0.15) is 66.6 Å². The van der Waals surface area contributed by atoms with Crippen molar-refractivity contribution >= 4 is 11.8 Å². The molecule has 31 heavy (non-hydrogen) atoms. The lowest BCUT2D eigenvalue weighted by molar-refractivity contribution is -0.137. The molecule has 0 bridgehead atoms. The lowest BCUT2D eigenvalue weighted by atomic mass is 9.85. The lowest BCUT2D eigenvalue weighted by Gasteiger charge is -2.38. The number of alkyl halides is 3. The van der Waals surface area contributed by atoms with E-state index < -0.39 is 23.3 Å².